The van der Waals surface area contributed by atoms with Gasteiger partial charge in [-0.15, -0.1) is 0 Å². The Labute approximate surface area is 118 Å². The van der Waals surface area contributed by atoms with Gasteiger partial charge in [-0.25, -0.2) is 0 Å². The largest absolute Gasteiger partial charge is 0.493 e. The zero-order valence-corrected chi connectivity index (χ0v) is 11.9. The highest BCUT2D eigenvalue weighted by Gasteiger charge is 2.13. The van der Waals surface area contributed by atoms with Crippen LogP contribution in [0.2, 0.25) is 0 Å². The third-order valence-electron chi connectivity index (χ3n) is 2.96. The molecule has 0 aliphatic heterocycles. The number of rotatable bonds is 8. The molecule has 1 atom stereocenters. The van der Waals surface area contributed by atoms with Gasteiger partial charge in [0.1, 0.15) is 5.75 Å². The van der Waals surface area contributed by atoms with Crippen molar-refractivity contribution < 1.29 is 19.4 Å². The number of para-hydroxylation sites is 1. The average molecular weight is 279 g/mol. The predicted molar refractivity (Wildman–Crippen MR) is 75.8 cm³/mol. The van der Waals surface area contributed by atoms with E-state index in [0.29, 0.717) is 6.42 Å². The molecule has 2 N–H and O–H groups in total. The molecule has 1 aromatic rings. The fraction of sp³-hybridized carbons (Fsp3) is 0.467. The van der Waals surface area contributed by atoms with Gasteiger partial charge in [-0.1, -0.05) is 25.1 Å². The Balaban J connectivity index is 2.33. The minimum atomic E-state index is -0.909. The monoisotopic (exact) mass is 279 g/mol. The maximum Gasteiger partial charge on any atom is 0.305 e. The van der Waals surface area contributed by atoms with E-state index in [9.17, 15) is 9.59 Å². The van der Waals surface area contributed by atoms with Gasteiger partial charge in [-0.3, -0.25) is 9.59 Å². The van der Waals surface area contributed by atoms with Crippen molar-refractivity contribution in [2.45, 2.75) is 39.2 Å². The van der Waals surface area contributed by atoms with E-state index in [4.69, 9.17) is 9.84 Å². The lowest BCUT2D eigenvalue weighted by molar-refractivity contribution is -0.137. The topological polar surface area (TPSA) is 75.6 Å². The van der Waals surface area contributed by atoms with E-state index in [2.05, 4.69) is 5.32 Å². The first-order valence-electron chi connectivity index (χ1n) is 6.72. The summed E-state index contributed by atoms with van der Waals surface area (Å²) in [6, 6.07) is 7.27. The van der Waals surface area contributed by atoms with Crippen LogP contribution in [0.1, 0.15) is 31.7 Å². The van der Waals surface area contributed by atoms with Crippen LogP contribution in [0.25, 0.3) is 0 Å². The van der Waals surface area contributed by atoms with Gasteiger partial charge in [0.15, 0.2) is 0 Å². The molecule has 1 rings (SSSR count). The molecule has 0 radical (unpaired) electrons. The third kappa shape index (κ3) is 5.73. The SMILES string of the molecule is CCC(CC(=O)O)NC(=O)CCOc1ccccc1C. The van der Waals surface area contributed by atoms with Crippen molar-refractivity contribution >= 4 is 11.9 Å². The van der Waals surface area contributed by atoms with Crippen molar-refractivity contribution in [2.75, 3.05) is 6.61 Å². The maximum absolute atomic E-state index is 11.7. The molecule has 0 spiro atoms. The number of aryl methyl sites for hydroxylation is 1. The van der Waals surface area contributed by atoms with Crippen molar-refractivity contribution in [3.8, 4) is 5.75 Å². The van der Waals surface area contributed by atoms with Crippen LogP contribution in [-0.2, 0) is 9.59 Å². The number of amides is 1. The van der Waals surface area contributed by atoms with Gasteiger partial charge in [0, 0.05) is 6.04 Å². The number of carbonyl (C=O) groups excluding carboxylic acids is 1. The first kappa shape index (κ1) is 16.0. The molecular formula is C15H21NO4. The van der Waals surface area contributed by atoms with E-state index in [1.165, 1.54) is 0 Å². The molecule has 0 fully saturated rings. The van der Waals surface area contributed by atoms with Gasteiger partial charge in [-0.2, -0.15) is 0 Å². The number of aliphatic carboxylic acids is 1. The predicted octanol–water partition coefficient (Wildman–Crippen LogP) is 2.13. The Hall–Kier alpha value is -2.04. The van der Waals surface area contributed by atoms with Gasteiger partial charge in [-0.05, 0) is 25.0 Å². The maximum atomic E-state index is 11.7. The highest BCUT2D eigenvalue weighted by atomic mass is 16.5. The molecule has 110 valence electrons. The smallest absolute Gasteiger partial charge is 0.305 e. The highest BCUT2D eigenvalue weighted by Crippen LogP contribution is 2.16. The van der Waals surface area contributed by atoms with Gasteiger partial charge in [0.25, 0.3) is 0 Å². The third-order valence-corrected chi connectivity index (χ3v) is 2.96. The zero-order valence-electron chi connectivity index (χ0n) is 11.9. The fourth-order valence-electron chi connectivity index (χ4n) is 1.78. The second kappa shape index (κ2) is 8.19. The number of benzene rings is 1. The lowest BCUT2D eigenvalue weighted by Crippen LogP contribution is -2.36. The number of carbonyl (C=O) groups is 2. The van der Waals surface area contributed by atoms with Crippen LogP contribution in [0.15, 0.2) is 24.3 Å². The minimum absolute atomic E-state index is 0.0547. The molecule has 0 saturated carbocycles. The van der Waals surface area contributed by atoms with Crippen LogP contribution in [0.5, 0.6) is 5.75 Å². The van der Waals surface area contributed by atoms with E-state index in [1.807, 2.05) is 38.1 Å². The van der Waals surface area contributed by atoms with Crippen molar-refractivity contribution in [1.29, 1.82) is 0 Å². The zero-order chi connectivity index (χ0) is 15.0. The minimum Gasteiger partial charge on any atom is -0.493 e. The Bertz CT molecular complexity index is 459. The van der Waals surface area contributed by atoms with Gasteiger partial charge in [0.05, 0.1) is 19.4 Å². The quantitative estimate of drug-likeness (QED) is 0.764. The summed E-state index contributed by atoms with van der Waals surface area (Å²) in [7, 11) is 0. The molecule has 5 heteroatoms. The Morgan fingerprint density at radius 2 is 2.05 bits per heavy atom. The Morgan fingerprint density at radius 3 is 2.65 bits per heavy atom. The summed E-state index contributed by atoms with van der Waals surface area (Å²) in [6.07, 6.45) is 0.752. The second-order valence-corrected chi connectivity index (χ2v) is 4.63. The van der Waals surface area contributed by atoms with Gasteiger partial charge < -0.3 is 15.2 Å². The van der Waals surface area contributed by atoms with Crippen molar-refractivity contribution in [3.05, 3.63) is 29.8 Å². The Morgan fingerprint density at radius 1 is 1.35 bits per heavy atom. The molecule has 0 aliphatic rings. The van der Waals surface area contributed by atoms with Crippen LogP contribution in [-0.4, -0.2) is 29.6 Å². The summed E-state index contributed by atoms with van der Waals surface area (Å²) in [5.74, 6) is -0.335. The van der Waals surface area contributed by atoms with Crippen molar-refractivity contribution in [3.63, 3.8) is 0 Å². The normalized spacial score (nSPS) is 11.7. The van der Waals surface area contributed by atoms with Crippen LogP contribution in [0.4, 0.5) is 0 Å². The van der Waals surface area contributed by atoms with Crippen LogP contribution >= 0.6 is 0 Å². The van der Waals surface area contributed by atoms with Crippen molar-refractivity contribution in [2.24, 2.45) is 0 Å². The standard InChI is InChI=1S/C15H21NO4/c1-3-12(10-15(18)19)16-14(17)8-9-20-13-7-5-4-6-11(13)2/h4-7,12H,3,8-10H2,1-2H3,(H,16,17)(H,18,19). The average Bonchev–Trinajstić information content (AvgIpc) is 2.39. The highest BCUT2D eigenvalue weighted by molar-refractivity contribution is 5.77. The van der Waals surface area contributed by atoms with E-state index in [-0.39, 0.29) is 31.4 Å². The first-order valence-corrected chi connectivity index (χ1v) is 6.72. The Kier molecular flexibility index (Phi) is 6.56. The molecule has 0 aliphatic carbocycles. The molecule has 5 nitrogen and oxygen atoms in total. The number of ether oxygens (including phenoxy) is 1. The fourth-order valence-corrected chi connectivity index (χ4v) is 1.78. The van der Waals surface area contributed by atoms with Crippen LogP contribution in [0, 0.1) is 6.92 Å². The number of carboxylic acid groups (broad SMARTS) is 1. The molecule has 1 amide bonds. The molecule has 1 unspecified atom stereocenters. The van der Waals surface area contributed by atoms with Gasteiger partial charge >= 0.3 is 5.97 Å². The first-order chi connectivity index (χ1) is 9.52. The summed E-state index contributed by atoms with van der Waals surface area (Å²) in [5.41, 5.74) is 1.02. The number of nitrogens with one attached hydrogen (secondary N) is 1. The molecule has 0 saturated heterocycles. The van der Waals surface area contributed by atoms with Crippen LogP contribution in [0.3, 0.4) is 0 Å². The van der Waals surface area contributed by atoms with Gasteiger partial charge in [0.2, 0.25) is 5.91 Å². The van der Waals surface area contributed by atoms with E-state index in [1.54, 1.807) is 0 Å². The molecule has 1 aromatic carbocycles. The summed E-state index contributed by atoms with van der Waals surface area (Å²) in [6.45, 7) is 4.06. The molecule has 0 aromatic heterocycles. The van der Waals surface area contributed by atoms with E-state index in [0.717, 1.165) is 11.3 Å². The number of carboxylic acids is 1. The number of hydrogen-bond acceptors (Lipinski definition) is 3. The lowest BCUT2D eigenvalue weighted by Gasteiger charge is -2.15. The summed E-state index contributed by atoms with van der Waals surface area (Å²) in [4.78, 5) is 22.3. The number of hydrogen-bond donors (Lipinski definition) is 2. The molecular weight excluding hydrogens is 258 g/mol. The second-order valence-electron chi connectivity index (χ2n) is 4.63. The molecule has 0 heterocycles. The summed E-state index contributed by atoms with van der Waals surface area (Å²) < 4.78 is 5.53. The summed E-state index contributed by atoms with van der Waals surface area (Å²) in [5, 5.41) is 11.4. The summed E-state index contributed by atoms with van der Waals surface area (Å²) >= 11 is 0. The van der Waals surface area contributed by atoms with E-state index >= 15 is 0 Å². The van der Waals surface area contributed by atoms with E-state index < -0.39 is 5.97 Å². The molecule has 20 heavy (non-hydrogen) atoms. The van der Waals surface area contributed by atoms with Crippen LogP contribution < -0.4 is 10.1 Å². The molecule has 0 bridgehead atoms. The van der Waals surface area contributed by atoms with Crippen molar-refractivity contribution in [1.82, 2.24) is 5.32 Å². The lowest BCUT2D eigenvalue weighted by atomic mass is 10.1.